The molecular weight excluding hydrogens is 460 g/mol. The summed E-state index contributed by atoms with van der Waals surface area (Å²) in [6.45, 7) is 2.62. The molecular formula is C29H25ClN2O3. The number of benzene rings is 3. The molecule has 0 radical (unpaired) electrons. The highest BCUT2D eigenvalue weighted by molar-refractivity contribution is 6.31. The number of hydrogen-bond acceptors (Lipinski definition) is 3. The number of fused-ring (bicyclic) bond motifs is 2. The first-order valence-electron chi connectivity index (χ1n) is 11.5. The number of carbonyl (C=O) groups is 1. The van der Waals surface area contributed by atoms with Crippen molar-refractivity contribution >= 4 is 39.2 Å². The van der Waals surface area contributed by atoms with Gasteiger partial charge in [-0.2, -0.15) is 0 Å². The van der Waals surface area contributed by atoms with Crippen LogP contribution in [-0.4, -0.2) is 22.2 Å². The second-order valence-corrected chi connectivity index (χ2v) is 9.12. The zero-order valence-electron chi connectivity index (χ0n) is 19.6. The van der Waals surface area contributed by atoms with Gasteiger partial charge in [0.1, 0.15) is 6.54 Å². The fourth-order valence-corrected chi connectivity index (χ4v) is 4.97. The van der Waals surface area contributed by atoms with Crippen molar-refractivity contribution in [1.82, 2.24) is 9.13 Å². The molecule has 0 aliphatic rings. The Balaban J connectivity index is 1.68. The molecule has 6 heteroatoms. The van der Waals surface area contributed by atoms with Gasteiger partial charge in [0.25, 0.3) is 5.56 Å². The van der Waals surface area contributed by atoms with E-state index in [0.717, 1.165) is 38.7 Å². The Morgan fingerprint density at radius 2 is 1.66 bits per heavy atom. The van der Waals surface area contributed by atoms with Crippen molar-refractivity contribution < 1.29 is 9.53 Å². The SMILES string of the molecule is COC(=O)Cn1c(C)c(Cc2cn(Cc3ccccc3)c(=O)c3ccccc23)c2cc(Cl)ccc21. The van der Waals surface area contributed by atoms with E-state index in [1.165, 1.54) is 7.11 Å². The number of hydrogen-bond donors (Lipinski definition) is 0. The Bertz CT molecular complexity index is 1620. The number of ether oxygens (including phenoxy) is 1. The van der Waals surface area contributed by atoms with Crippen LogP contribution in [0.4, 0.5) is 0 Å². The molecule has 35 heavy (non-hydrogen) atoms. The minimum Gasteiger partial charge on any atom is -0.468 e. The third-order valence-corrected chi connectivity index (χ3v) is 6.81. The van der Waals surface area contributed by atoms with Crippen LogP contribution in [0.1, 0.15) is 22.4 Å². The molecule has 0 atom stereocenters. The molecule has 0 aliphatic carbocycles. The predicted molar refractivity (Wildman–Crippen MR) is 140 cm³/mol. The molecule has 0 N–H and O–H groups in total. The molecule has 0 fully saturated rings. The van der Waals surface area contributed by atoms with Gasteiger partial charge in [0.05, 0.1) is 13.7 Å². The second kappa shape index (κ2) is 9.43. The maximum absolute atomic E-state index is 13.3. The summed E-state index contributed by atoms with van der Waals surface area (Å²) < 4.78 is 8.68. The van der Waals surface area contributed by atoms with Crippen molar-refractivity contribution in [1.29, 1.82) is 0 Å². The summed E-state index contributed by atoms with van der Waals surface area (Å²) in [5.74, 6) is -0.312. The number of rotatable bonds is 6. The van der Waals surface area contributed by atoms with Gasteiger partial charge in [-0.1, -0.05) is 60.1 Å². The van der Waals surface area contributed by atoms with E-state index >= 15 is 0 Å². The molecule has 0 spiro atoms. The summed E-state index contributed by atoms with van der Waals surface area (Å²) in [6, 6.07) is 23.4. The van der Waals surface area contributed by atoms with Crippen LogP contribution in [0.3, 0.4) is 0 Å². The molecule has 5 aromatic rings. The third-order valence-electron chi connectivity index (χ3n) is 6.57. The number of esters is 1. The first-order chi connectivity index (χ1) is 17.0. The van der Waals surface area contributed by atoms with Crippen LogP contribution < -0.4 is 5.56 Å². The van der Waals surface area contributed by atoms with Gasteiger partial charge in [-0.25, -0.2) is 0 Å². The standard InChI is InChI=1S/C29H25ClN2O3/c1-19-25(26-15-22(30)12-13-27(26)32(19)18-28(33)35-2)14-21-17-31(16-20-8-4-3-5-9-20)29(34)24-11-7-6-10-23(21)24/h3-13,15,17H,14,16,18H2,1-2H3. The maximum atomic E-state index is 13.3. The number of methoxy groups -OCH3 is 1. The van der Waals surface area contributed by atoms with Crippen molar-refractivity contribution in [3.05, 3.63) is 117 Å². The zero-order valence-corrected chi connectivity index (χ0v) is 20.4. The van der Waals surface area contributed by atoms with E-state index in [2.05, 4.69) is 0 Å². The van der Waals surface area contributed by atoms with Crippen LogP contribution in [0, 0.1) is 6.92 Å². The maximum Gasteiger partial charge on any atom is 0.325 e. The topological polar surface area (TPSA) is 53.2 Å². The highest BCUT2D eigenvalue weighted by Crippen LogP contribution is 2.32. The highest BCUT2D eigenvalue weighted by Gasteiger charge is 2.19. The minimum absolute atomic E-state index is 0.0129. The van der Waals surface area contributed by atoms with Crippen LogP contribution in [-0.2, 0) is 29.0 Å². The lowest BCUT2D eigenvalue weighted by Crippen LogP contribution is -2.21. The predicted octanol–water partition coefficient (Wildman–Crippen LogP) is 5.73. The molecule has 3 aromatic carbocycles. The number of aromatic nitrogens is 2. The van der Waals surface area contributed by atoms with Crippen molar-refractivity contribution in [3.63, 3.8) is 0 Å². The third kappa shape index (κ3) is 4.35. The van der Waals surface area contributed by atoms with Gasteiger partial charge in [-0.15, -0.1) is 0 Å². The van der Waals surface area contributed by atoms with Gasteiger partial charge in [-0.3, -0.25) is 9.59 Å². The van der Waals surface area contributed by atoms with Gasteiger partial charge in [0.2, 0.25) is 0 Å². The average molecular weight is 485 g/mol. The van der Waals surface area contributed by atoms with Gasteiger partial charge in [0, 0.05) is 39.6 Å². The summed E-state index contributed by atoms with van der Waals surface area (Å²) >= 11 is 6.37. The lowest BCUT2D eigenvalue weighted by molar-refractivity contribution is -0.141. The van der Waals surface area contributed by atoms with Crippen molar-refractivity contribution in [2.45, 2.75) is 26.4 Å². The van der Waals surface area contributed by atoms with Crippen molar-refractivity contribution in [2.75, 3.05) is 7.11 Å². The molecule has 5 nitrogen and oxygen atoms in total. The molecule has 0 bridgehead atoms. The fourth-order valence-electron chi connectivity index (χ4n) is 4.79. The van der Waals surface area contributed by atoms with E-state index in [-0.39, 0.29) is 18.1 Å². The molecule has 0 amide bonds. The smallest absolute Gasteiger partial charge is 0.325 e. The van der Waals surface area contributed by atoms with Gasteiger partial charge < -0.3 is 13.9 Å². The summed E-state index contributed by atoms with van der Waals surface area (Å²) in [5.41, 5.74) is 5.05. The van der Waals surface area contributed by atoms with Gasteiger partial charge >= 0.3 is 5.97 Å². The first kappa shape index (κ1) is 22.9. The van der Waals surface area contributed by atoms with E-state index in [1.54, 1.807) is 4.57 Å². The Morgan fingerprint density at radius 1 is 0.943 bits per heavy atom. The lowest BCUT2D eigenvalue weighted by atomic mass is 9.98. The molecule has 0 aliphatic heterocycles. The van der Waals surface area contributed by atoms with E-state index in [4.69, 9.17) is 16.3 Å². The van der Waals surface area contributed by atoms with Gasteiger partial charge in [-0.05, 0) is 53.3 Å². The number of nitrogens with zero attached hydrogens (tertiary/aromatic N) is 2. The number of halogens is 1. The Kier molecular flexibility index (Phi) is 6.18. The van der Waals surface area contributed by atoms with Crippen molar-refractivity contribution in [3.8, 4) is 0 Å². The van der Waals surface area contributed by atoms with Crippen LogP contribution in [0.2, 0.25) is 5.02 Å². The van der Waals surface area contributed by atoms with E-state index in [0.29, 0.717) is 23.4 Å². The Morgan fingerprint density at radius 3 is 2.40 bits per heavy atom. The Labute approximate surface area is 208 Å². The van der Waals surface area contributed by atoms with Crippen LogP contribution >= 0.6 is 11.6 Å². The first-order valence-corrected chi connectivity index (χ1v) is 11.8. The number of pyridine rings is 1. The normalized spacial score (nSPS) is 11.3. The van der Waals surface area contributed by atoms with E-state index in [9.17, 15) is 9.59 Å². The summed E-state index contributed by atoms with van der Waals surface area (Å²) in [5, 5.41) is 3.24. The summed E-state index contributed by atoms with van der Waals surface area (Å²) in [6.07, 6.45) is 2.55. The zero-order chi connectivity index (χ0) is 24.5. The largest absolute Gasteiger partial charge is 0.468 e. The van der Waals surface area contributed by atoms with Crippen LogP contribution in [0.5, 0.6) is 0 Å². The van der Waals surface area contributed by atoms with Crippen LogP contribution in [0.25, 0.3) is 21.7 Å². The molecule has 176 valence electrons. The molecule has 0 saturated heterocycles. The van der Waals surface area contributed by atoms with Crippen molar-refractivity contribution in [2.24, 2.45) is 0 Å². The Hall–Kier alpha value is -3.83. The minimum atomic E-state index is -0.312. The summed E-state index contributed by atoms with van der Waals surface area (Å²) in [4.78, 5) is 25.4. The highest BCUT2D eigenvalue weighted by atomic mass is 35.5. The molecule has 2 aromatic heterocycles. The quantitative estimate of drug-likeness (QED) is 0.289. The van der Waals surface area contributed by atoms with Crippen LogP contribution in [0.15, 0.2) is 83.8 Å². The molecule has 0 saturated carbocycles. The fraction of sp³-hybridized carbons (Fsp3) is 0.172. The lowest BCUT2D eigenvalue weighted by Gasteiger charge is -2.13. The van der Waals surface area contributed by atoms with E-state index < -0.39 is 0 Å². The second-order valence-electron chi connectivity index (χ2n) is 8.68. The monoisotopic (exact) mass is 484 g/mol. The molecule has 0 unspecified atom stereocenters. The van der Waals surface area contributed by atoms with Gasteiger partial charge in [0.15, 0.2) is 0 Å². The number of carbonyl (C=O) groups excluding carboxylic acids is 1. The molecule has 5 rings (SSSR count). The average Bonchev–Trinajstić information content (AvgIpc) is 3.12. The molecule has 2 heterocycles. The summed E-state index contributed by atoms with van der Waals surface area (Å²) in [7, 11) is 1.39. The van der Waals surface area contributed by atoms with E-state index in [1.807, 2.05) is 90.5 Å².